The number of aromatic nitrogens is 1. The van der Waals surface area contributed by atoms with Gasteiger partial charge in [-0.15, -0.1) is 0 Å². The molecule has 1 heterocycles. The Labute approximate surface area is 101 Å². The maximum Gasteiger partial charge on any atom is 0.192 e. The summed E-state index contributed by atoms with van der Waals surface area (Å²) in [5.74, 6) is -0.679. The van der Waals surface area contributed by atoms with Gasteiger partial charge in [0, 0.05) is 6.20 Å². The summed E-state index contributed by atoms with van der Waals surface area (Å²) >= 11 is 0. The van der Waals surface area contributed by atoms with Crippen LogP contribution in [0.5, 0.6) is 0 Å². The van der Waals surface area contributed by atoms with E-state index in [9.17, 15) is 4.39 Å². The molecular weight excluding hydrogens is 221 g/mol. The second kappa shape index (κ2) is 4.63. The van der Waals surface area contributed by atoms with Crippen LogP contribution in [0.3, 0.4) is 0 Å². The van der Waals surface area contributed by atoms with Crippen molar-refractivity contribution in [3.05, 3.63) is 29.8 Å². The van der Waals surface area contributed by atoms with Crippen molar-refractivity contribution in [2.45, 2.75) is 45.5 Å². The molecular formula is C12H20FNOSi. The fourth-order valence-corrected chi connectivity index (χ4v) is 1.45. The van der Waals surface area contributed by atoms with E-state index in [1.54, 1.807) is 0 Å². The van der Waals surface area contributed by atoms with E-state index in [0.717, 1.165) is 0 Å². The Morgan fingerprint density at radius 2 is 2.12 bits per heavy atom. The monoisotopic (exact) mass is 243 g/mol. The molecule has 0 saturated carbocycles. The lowest BCUT2D eigenvalue weighted by atomic mass is 10.2. The highest BCUT2D eigenvalue weighted by molar-refractivity contribution is 6.74. The van der Waals surface area contributed by atoms with Gasteiger partial charge in [0.1, 0.15) is 11.5 Å². The molecule has 0 fully saturated rings. The summed E-state index contributed by atoms with van der Waals surface area (Å²) in [6, 6.07) is 2.62. The van der Waals surface area contributed by atoms with Crippen molar-refractivity contribution >= 4 is 8.32 Å². The number of halogens is 1. The standard InChI is InChI=1S/C12H20FNOSi/c1-12(2,3)16(4,5)15-9-11-10(13)7-6-8-14-11/h6-8H,9H2,1-5H3/i9D2. The van der Waals surface area contributed by atoms with Gasteiger partial charge in [-0.25, -0.2) is 4.39 Å². The zero-order chi connectivity index (χ0) is 14.2. The van der Waals surface area contributed by atoms with Crippen LogP contribution in [0.1, 0.15) is 29.2 Å². The molecule has 1 rings (SSSR count). The summed E-state index contributed by atoms with van der Waals surface area (Å²) in [5.41, 5.74) is -0.283. The molecule has 0 saturated heterocycles. The van der Waals surface area contributed by atoms with Gasteiger partial charge in [0.25, 0.3) is 0 Å². The van der Waals surface area contributed by atoms with Crippen LogP contribution in [0.25, 0.3) is 0 Å². The van der Waals surface area contributed by atoms with Gasteiger partial charge in [-0.1, -0.05) is 20.8 Å². The Kier molecular flexibility index (Phi) is 3.01. The average Bonchev–Trinajstić information content (AvgIpc) is 2.14. The molecule has 1 aromatic heterocycles. The molecule has 0 spiro atoms. The highest BCUT2D eigenvalue weighted by Gasteiger charge is 2.37. The molecule has 0 aromatic carbocycles. The molecule has 0 atom stereocenters. The molecule has 0 aliphatic rings. The normalized spacial score (nSPS) is 15.6. The van der Waals surface area contributed by atoms with Crippen molar-refractivity contribution in [2.24, 2.45) is 0 Å². The predicted octanol–water partition coefficient (Wildman–Crippen LogP) is 3.74. The Hall–Kier alpha value is -0.743. The van der Waals surface area contributed by atoms with Gasteiger partial charge in [0.2, 0.25) is 0 Å². The molecule has 4 heteroatoms. The quantitative estimate of drug-likeness (QED) is 0.754. The number of nitrogens with zero attached hydrogens (tertiary/aromatic N) is 1. The lowest BCUT2D eigenvalue weighted by Crippen LogP contribution is -2.40. The fraction of sp³-hybridized carbons (Fsp3) is 0.583. The summed E-state index contributed by atoms with van der Waals surface area (Å²) in [7, 11) is -2.33. The van der Waals surface area contributed by atoms with Crippen molar-refractivity contribution in [2.75, 3.05) is 0 Å². The Bertz CT molecular complexity index is 432. The minimum atomic E-state index is -2.33. The van der Waals surface area contributed by atoms with Gasteiger partial charge in [-0.3, -0.25) is 4.98 Å². The molecule has 0 aliphatic carbocycles. The smallest absolute Gasteiger partial charge is 0.192 e. The lowest BCUT2D eigenvalue weighted by molar-refractivity contribution is 0.266. The van der Waals surface area contributed by atoms with Crippen molar-refractivity contribution in [1.29, 1.82) is 0 Å². The third-order valence-corrected chi connectivity index (χ3v) is 7.19. The SMILES string of the molecule is [2H]C([2H])(O[Si](C)(C)C(C)(C)C)c1ncccc1F. The van der Waals surface area contributed by atoms with Crippen LogP contribution in [0.15, 0.2) is 18.3 Å². The average molecular weight is 243 g/mol. The van der Waals surface area contributed by atoms with Gasteiger partial charge < -0.3 is 4.43 Å². The number of pyridine rings is 1. The van der Waals surface area contributed by atoms with Crippen LogP contribution >= 0.6 is 0 Å². The van der Waals surface area contributed by atoms with Crippen molar-refractivity contribution < 1.29 is 11.6 Å². The van der Waals surface area contributed by atoms with Crippen LogP contribution < -0.4 is 0 Å². The summed E-state index contributed by atoms with van der Waals surface area (Å²) in [5, 5.41) is -0.147. The minimum Gasteiger partial charge on any atom is -0.411 e. The molecule has 0 bridgehead atoms. The van der Waals surface area contributed by atoms with Crippen molar-refractivity contribution in [3.8, 4) is 0 Å². The predicted molar refractivity (Wildman–Crippen MR) is 66.2 cm³/mol. The molecule has 16 heavy (non-hydrogen) atoms. The van der Waals surface area contributed by atoms with Crippen LogP contribution in [-0.4, -0.2) is 13.3 Å². The maximum absolute atomic E-state index is 13.6. The largest absolute Gasteiger partial charge is 0.411 e. The number of hydrogen-bond donors (Lipinski definition) is 0. The van der Waals surface area contributed by atoms with Crippen molar-refractivity contribution in [3.63, 3.8) is 0 Å². The maximum atomic E-state index is 13.6. The summed E-state index contributed by atoms with van der Waals surface area (Å²) in [6.45, 7) is 7.66. The zero-order valence-electron chi connectivity index (χ0n) is 12.5. The van der Waals surface area contributed by atoms with Crippen LogP contribution in [0, 0.1) is 5.82 Å². The topological polar surface area (TPSA) is 22.1 Å². The van der Waals surface area contributed by atoms with Crippen molar-refractivity contribution in [1.82, 2.24) is 4.98 Å². The van der Waals surface area contributed by atoms with Gasteiger partial charge in [-0.2, -0.15) is 0 Å². The fourth-order valence-electron chi connectivity index (χ4n) is 0.790. The first kappa shape index (κ1) is 10.4. The Morgan fingerprint density at radius 1 is 1.50 bits per heavy atom. The highest BCUT2D eigenvalue weighted by atomic mass is 28.4. The summed E-state index contributed by atoms with van der Waals surface area (Å²) in [6.07, 6.45) is 1.37. The summed E-state index contributed by atoms with van der Waals surface area (Å²) in [4.78, 5) is 3.76. The van der Waals surface area contributed by atoms with E-state index in [4.69, 9.17) is 7.17 Å². The highest BCUT2D eigenvalue weighted by Crippen LogP contribution is 2.36. The van der Waals surface area contributed by atoms with E-state index in [1.807, 2.05) is 33.9 Å². The third kappa shape index (κ3) is 3.12. The van der Waals surface area contributed by atoms with E-state index >= 15 is 0 Å². The van der Waals surface area contributed by atoms with E-state index in [2.05, 4.69) is 4.98 Å². The van der Waals surface area contributed by atoms with Gasteiger partial charge in [0.15, 0.2) is 8.32 Å². The molecule has 0 aliphatic heterocycles. The van der Waals surface area contributed by atoms with E-state index in [0.29, 0.717) is 0 Å². The lowest BCUT2D eigenvalue weighted by Gasteiger charge is -2.36. The molecule has 0 amide bonds. The number of rotatable bonds is 3. The van der Waals surface area contributed by atoms with Gasteiger partial charge in [-0.05, 0) is 30.3 Å². The minimum absolute atomic E-state index is 0.147. The molecule has 90 valence electrons. The molecule has 0 radical (unpaired) electrons. The van der Waals surface area contributed by atoms with Crippen LogP contribution in [-0.2, 0) is 11.0 Å². The Balaban J connectivity index is 3.06. The molecule has 0 N–H and O–H groups in total. The first-order chi connectivity index (χ1) is 7.97. The molecule has 0 unspecified atom stereocenters. The van der Waals surface area contributed by atoms with Gasteiger partial charge >= 0.3 is 0 Å². The summed E-state index contributed by atoms with van der Waals surface area (Å²) < 4.78 is 35.1. The van der Waals surface area contributed by atoms with E-state index < -0.39 is 20.7 Å². The Morgan fingerprint density at radius 3 is 2.62 bits per heavy atom. The first-order valence-corrected chi connectivity index (χ1v) is 8.19. The van der Waals surface area contributed by atoms with Crippen LogP contribution in [0.4, 0.5) is 4.39 Å². The molecule has 1 aromatic rings. The second-order valence-electron chi connectivity index (χ2n) is 5.30. The van der Waals surface area contributed by atoms with Gasteiger partial charge in [0.05, 0.1) is 9.30 Å². The van der Waals surface area contributed by atoms with E-state index in [1.165, 1.54) is 18.3 Å². The first-order valence-electron chi connectivity index (χ1n) is 6.28. The zero-order valence-corrected chi connectivity index (χ0v) is 11.5. The third-order valence-electron chi connectivity index (χ3n) is 2.97. The van der Waals surface area contributed by atoms with Crippen LogP contribution in [0.2, 0.25) is 18.1 Å². The van der Waals surface area contributed by atoms with E-state index in [-0.39, 0.29) is 10.7 Å². The number of hydrogen-bond acceptors (Lipinski definition) is 2. The molecule has 2 nitrogen and oxygen atoms in total. The second-order valence-corrected chi connectivity index (χ2v) is 10.0.